The van der Waals surface area contributed by atoms with Crippen LogP contribution in [0.4, 0.5) is 4.39 Å². The van der Waals surface area contributed by atoms with Crippen LogP contribution in [0.1, 0.15) is 23.2 Å². The van der Waals surface area contributed by atoms with Gasteiger partial charge in [0.1, 0.15) is 0 Å². The minimum atomic E-state index is -0.629. The molecule has 1 saturated carbocycles. The van der Waals surface area contributed by atoms with E-state index in [0.717, 1.165) is 12.8 Å². The second-order valence-electron chi connectivity index (χ2n) is 5.48. The molecule has 1 saturated heterocycles. The molecule has 3 nitrogen and oxygen atoms in total. The van der Waals surface area contributed by atoms with E-state index in [1.54, 1.807) is 11.0 Å². The van der Waals surface area contributed by atoms with Crippen molar-refractivity contribution in [2.75, 3.05) is 13.1 Å². The first-order chi connectivity index (χ1) is 9.08. The van der Waals surface area contributed by atoms with E-state index < -0.39 is 5.82 Å². The molecule has 1 aromatic rings. The van der Waals surface area contributed by atoms with Gasteiger partial charge in [0.15, 0.2) is 5.82 Å². The van der Waals surface area contributed by atoms with Crippen LogP contribution in [0.2, 0.25) is 5.02 Å². The fourth-order valence-corrected chi connectivity index (χ4v) is 3.49. The molecule has 0 radical (unpaired) electrons. The fraction of sp³-hybridized carbons (Fsp3) is 0.500. The minimum Gasteiger partial charge on any atom is -0.338 e. The molecule has 0 aromatic heterocycles. The molecular formula is C14H16ClFN2O. The number of benzene rings is 1. The molecule has 19 heavy (non-hydrogen) atoms. The van der Waals surface area contributed by atoms with Gasteiger partial charge in [-0.2, -0.15) is 0 Å². The number of rotatable bonds is 1. The van der Waals surface area contributed by atoms with Gasteiger partial charge in [-0.05, 0) is 36.8 Å². The van der Waals surface area contributed by atoms with E-state index in [9.17, 15) is 9.18 Å². The van der Waals surface area contributed by atoms with E-state index in [-0.39, 0.29) is 22.5 Å². The molecule has 3 rings (SSSR count). The molecule has 2 N–H and O–H groups in total. The molecule has 1 aliphatic carbocycles. The molecule has 0 unspecified atom stereocenters. The number of amides is 1. The molecule has 2 aliphatic rings. The van der Waals surface area contributed by atoms with Gasteiger partial charge >= 0.3 is 0 Å². The van der Waals surface area contributed by atoms with Crippen LogP contribution in [0.25, 0.3) is 0 Å². The maximum Gasteiger partial charge on any atom is 0.256 e. The van der Waals surface area contributed by atoms with Crippen LogP contribution in [0.3, 0.4) is 0 Å². The van der Waals surface area contributed by atoms with Crippen LogP contribution in [0.5, 0.6) is 0 Å². The van der Waals surface area contributed by atoms with Gasteiger partial charge < -0.3 is 10.6 Å². The van der Waals surface area contributed by atoms with Gasteiger partial charge in [-0.3, -0.25) is 4.79 Å². The maximum atomic E-state index is 13.9. The molecule has 102 valence electrons. The predicted octanol–water partition coefficient (Wildman–Crippen LogP) is 2.29. The summed E-state index contributed by atoms with van der Waals surface area (Å²) in [6.45, 7) is 1.32. The Morgan fingerprint density at radius 3 is 2.89 bits per heavy atom. The highest BCUT2D eigenvalue weighted by Gasteiger charge is 2.42. The summed E-state index contributed by atoms with van der Waals surface area (Å²) in [6.07, 6.45) is 2.09. The summed E-state index contributed by atoms with van der Waals surface area (Å²) in [7, 11) is 0. The molecule has 1 aliphatic heterocycles. The van der Waals surface area contributed by atoms with E-state index in [4.69, 9.17) is 17.3 Å². The van der Waals surface area contributed by atoms with Gasteiger partial charge in [0.2, 0.25) is 0 Å². The van der Waals surface area contributed by atoms with Crippen LogP contribution < -0.4 is 5.73 Å². The van der Waals surface area contributed by atoms with Crippen molar-refractivity contribution in [3.63, 3.8) is 0 Å². The normalized spacial score (nSPS) is 29.6. The minimum absolute atomic E-state index is 0.0121. The summed E-state index contributed by atoms with van der Waals surface area (Å²) in [4.78, 5) is 14.1. The third-order valence-corrected chi connectivity index (χ3v) is 4.67. The Bertz CT molecular complexity index is 522. The zero-order valence-corrected chi connectivity index (χ0v) is 11.2. The molecule has 1 heterocycles. The summed E-state index contributed by atoms with van der Waals surface area (Å²) >= 11 is 5.72. The molecule has 5 heteroatoms. The maximum absolute atomic E-state index is 13.9. The number of carbonyl (C=O) groups excluding carboxylic acids is 1. The molecule has 1 amide bonds. The van der Waals surface area contributed by atoms with Gasteiger partial charge in [0, 0.05) is 19.1 Å². The average Bonchev–Trinajstić information content (AvgIpc) is 2.95. The number of carbonyl (C=O) groups is 1. The average molecular weight is 283 g/mol. The Morgan fingerprint density at radius 1 is 1.37 bits per heavy atom. The first-order valence-corrected chi connectivity index (χ1v) is 6.94. The highest BCUT2D eigenvalue weighted by atomic mass is 35.5. The fourth-order valence-electron chi connectivity index (χ4n) is 3.31. The lowest BCUT2D eigenvalue weighted by atomic mass is 9.98. The van der Waals surface area contributed by atoms with Crippen molar-refractivity contribution < 1.29 is 9.18 Å². The van der Waals surface area contributed by atoms with Crippen LogP contribution in [-0.2, 0) is 0 Å². The van der Waals surface area contributed by atoms with Crippen LogP contribution >= 0.6 is 11.6 Å². The topological polar surface area (TPSA) is 46.3 Å². The van der Waals surface area contributed by atoms with Crippen LogP contribution in [-0.4, -0.2) is 29.9 Å². The van der Waals surface area contributed by atoms with Crippen molar-refractivity contribution in [3.8, 4) is 0 Å². The van der Waals surface area contributed by atoms with Crippen LogP contribution in [0.15, 0.2) is 18.2 Å². The molecule has 1 aromatic carbocycles. The Hall–Kier alpha value is -1.13. The van der Waals surface area contributed by atoms with Crippen molar-refractivity contribution in [1.82, 2.24) is 4.90 Å². The van der Waals surface area contributed by atoms with Crippen molar-refractivity contribution in [3.05, 3.63) is 34.6 Å². The standard InChI is InChI=1S/C14H16ClFN2O/c15-11-3-1-2-9(13(11)16)14(19)18-6-8-4-5-12(17)10(8)7-18/h1-3,8,10,12H,4-7,17H2/t8-,10+,12-/m0/s1. The second kappa shape index (κ2) is 4.76. The number of hydrogen-bond donors (Lipinski definition) is 1. The number of fused-ring (bicyclic) bond motifs is 1. The Kier molecular flexibility index (Phi) is 3.23. The summed E-state index contributed by atoms with van der Waals surface area (Å²) in [6, 6.07) is 4.70. The summed E-state index contributed by atoms with van der Waals surface area (Å²) < 4.78 is 13.9. The van der Waals surface area contributed by atoms with Crippen molar-refractivity contribution in [2.45, 2.75) is 18.9 Å². The van der Waals surface area contributed by atoms with Gasteiger partial charge in [0.25, 0.3) is 5.91 Å². The number of likely N-dealkylation sites (tertiary alicyclic amines) is 1. The molecular weight excluding hydrogens is 267 g/mol. The Morgan fingerprint density at radius 2 is 2.16 bits per heavy atom. The number of hydrogen-bond acceptors (Lipinski definition) is 2. The zero-order chi connectivity index (χ0) is 13.6. The van der Waals surface area contributed by atoms with Crippen molar-refractivity contribution >= 4 is 17.5 Å². The Balaban J connectivity index is 1.81. The van der Waals surface area contributed by atoms with Crippen molar-refractivity contribution in [1.29, 1.82) is 0 Å². The summed E-state index contributed by atoms with van der Waals surface area (Å²) in [5.74, 6) is -0.0653. The monoisotopic (exact) mass is 282 g/mol. The lowest BCUT2D eigenvalue weighted by molar-refractivity contribution is 0.0775. The number of nitrogens with zero attached hydrogens (tertiary/aromatic N) is 1. The van der Waals surface area contributed by atoms with E-state index in [1.165, 1.54) is 12.1 Å². The lowest BCUT2D eigenvalue weighted by Gasteiger charge is -2.19. The van der Waals surface area contributed by atoms with E-state index in [1.807, 2.05) is 0 Å². The summed E-state index contributed by atoms with van der Waals surface area (Å²) in [5.41, 5.74) is 6.10. The van der Waals surface area contributed by atoms with Crippen LogP contribution in [0, 0.1) is 17.7 Å². The van der Waals surface area contributed by atoms with Gasteiger partial charge in [0.05, 0.1) is 10.6 Å². The van der Waals surface area contributed by atoms with E-state index in [2.05, 4.69) is 0 Å². The molecule has 3 atom stereocenters. The first-order valence-electron chi connectivity index (χ1n) is 6.57. The zero-order valence-electron chi connectivity index (χ0n) is 10.5. The van der Waals surface area contributed by atoms with E-state index >= 15 is 0 Å². The SMILES string of the molecule is N[C@H]1CC[C@H]2CN(C(=O)c3cccc(Cl)c3F)C[C@H]21. The molecule has 0 bridgehead atoms. The predicted molar refractivity (Wildman–Crippen MR) is 71.5 cm³/mol. The van der Waals surface area contributed by atoms with Gasteiger partial charge in [-0.15, -0.1) is 0 Å². The van der Waals surface area contributed by atoms with Crippen molar-refractivity contribution in [2.24, 2.45) is 17.6 Å². The van der Waals surface area contributed by atoms with E-state index in [0.29, 0.717) is 24.9 Å². The van der Waals surface area contributed by atoms with Gasteiger partial charge in [-0.1, -0.05) is 17.7 Å². The molecule has 2 fully saturated rings. The largest absolute Gasteiger partial charge is 0.338 e. The number of nitrogens with two attached hydrogens (primary N) is 1. The highest BCUT2D eigenvalue weighted by molar-refractivity contribution is 6.31. The third-order valence-electron chi connectivity index (χ3n) is 4.38. The molecule has 0 spiro atoms. The highest BCUT2D eigenvalue weighted by Crippen LogP contribution is 2.37. The summed E-state index contributed by atoms with van der Waals surface area (Å²) in [5, 5.41) is -0.0121. The smallest absolute Gasteiger partial charge is 0.256 e. The number of halogens is 2. The third kappa shape index (κ3) is 2.13. The van der Waals surface area contributed by atoms with Gasteiger partial charge in [-0.25, -0.2) is 4.39 Å². The Labute approximate surface area is 116 Å². The second-order valence-corrected chi connectivity index (χ2v) is 5.88. The quantitative estimate of drug-likeness (QED) is 0.859. The first kappa shape index (κ1) is 12.9. The lowest BCUT2D eigenvalue weighted by Crippen LogP contribution is -2.33.